The summed E-state index contributed by atoms with van der Waals surface area (Å²) < 4.78 is 5.34. The second kappa shape index (κ2) is 8.37. The van der Waals surface area contributed by atoms with E-state index in [1.54, 1.807) is 24.3 Å². The van der Waals surface area contributed by atoms with Gasteiger partial charge in [-0.25, -0.2) is 0 Å². The van der Waals surface area contributed by atoms with Gasteiger partial charge in [0, 0.05) is 19.2 Å². The van der Waals surface area contributed by atoms with Gasteiger partial charge >= 0.3 is 0 Å². The molecule has 8 unspecified atom stereocenters. The number of carbonyl (C=O) groups excluding carboxylic acids is 1. The molecule has 0 aliphatic heterocycles. The van der Waals surface area contributed by atoms with Crippen LogP contribution >= 0.6 is 0 Å². The molecule has 34 heavy (non-hydrogen) atoms. The standard InChI is InChI=1S/C27H38N4O3/c1-26-10-7-19-18-8-11-27(33,16-34-2)13-17(18)3-4-20(19)21(26)5-6-22(26)25(32)15-31-29-23-9-12-28-14-24(23)30-31/h9,12,14,17-22,33H,3-8,10-11,13,15-16H2,1-2H3. The van der Waals surface area contributed by atoms with Gasteiger partial charge in [-0.1, -0.05) is 6.92 Å². The number of aromatic nitrogens is 4. The van der Waals surface area contributed by atoms with Crippen LogP contribution in [-0.2, 0) is 16.1 Å². The summed E-state index contributed by atoms with van der Waals surface area (Å²) in [6.45, 7) is 3.13. The van der Waals surface area contributed by atoms with Crippen molar-refractivity contribution in [3.63, 3.8) is 0 Å². The van der Waals surface area contributed by atoms with Crippen LogP contribution < -0.4 is 0 Å². The molecule has 184 valence electrons. The minimum Gasteiger partial charge on any atom is -0.387 e. The smallest absolute Gasteiger partial charge is 0.159 e. The number of aliphatic hydroxyl groups is 1. The highest BCUT2D eigenvalue weighted by atomic mass is 16.5. The summed E-state index contributed by atoms with van der Waals surface area (Å²) in [4.78, 5) is 19.2. The second-order valence-electron chi connectivity index (χ2n) is 12.1. The van der Waals surface area contributed by atoms with E-state index in [0.717, 1.165) is 60.9 Å². The fourth-order valence-corrected chi connectivity index (χ4v) is 9.02. The maximum absolute atomic E-state index is 13.5. The number of fused-ring (bicyclic) bond motifs is 6. The monoisotopic (exact) mass is 466 g/mol. The van der Waals surface area contributed by atoms with E-state index in [1.165, 1.54) is 25.7 Å². The zero-order valence-electron chi connectivity index (χ0n) is 20.5. The molecule has 0 radical (unpaired) electrons. The Kier molecular flexibility index (Phi) is 5.56. The first-order valence-corrected chi connectivity index (χ1v) is 13.3. The average Bonchev–Trinajstić information content (AvgIpc) is 3.38. The lowest BCUT2D eigenvalue weighted by atomic mass is 9.49. The number of ketones is 1. The number of hydrogen-bond donors (Lipinski definition) is 1. The minimum absolute atomic E-state index is 0.102. The molecule has 2 aromatic heterocycles. The van der Waals surface area contributed by atoms with Gasteiger partial charge < -0.3 is 9.84 Å². The Hall–Kier alpha value is -1.86. The van der Waals surface area contributed by atoms with Gasteiger partial charge in [-0.15, -0.1) is 0 Å². The molecule has 4 saturated carbocycles. The third-order valence-corrected chi connectivity index (χ3v) is 10.4. The van der Waals surface area contributed by atoms with Crippen LogP contribution in [0.3, 0.4) is 0 Å². The molecule has 2 aromatic rings. The van der Waals surface area contributed by atoms with Gasteiger partial charge in [-0.2, -0.15) is 15.0 Å². The number of methoxy groups -OCH3 is 1. The molecule has 7 heteroatoms. The van der Waals surface area contributed by atoms with Gasteiger partial charge in [0.05, 0.1) is 18.4 Å². The van der Waals surface area contributed by atoms with Gasteiger partial charge in [0.1, 0.15) is 17.6 Å². The Labute approximate surface area is 201 Å². The normalized spacial score (nSPS) is 41.6. The molecule has 7 nitrogen and oxygen atoms in total. The summed E-state index contributed by atoms with van der Waals surface area (Å²) in [5.74, 6) is 3.94. The molecule has 8 atom stereocenters. The summed E-state index contributed by atoms with van der Waals surface area (Å²) in [6.07, 6.45) is 13.4. The number of hydrogen-bond acceptors (Lipinski definition) is 6. The molecule has 0 spiro atoms. The number of nitrogens with zero attached hydrogens (tertiary/aromatic N) is 4. The van der Waals surface area contributed by atoms with Crippen molar-refractivity contribution >= 4 is 16.8 Å². The Morgan fingerprint density at radius 2 is 1.91 bits per heavy atom. The van der Waals surface area contributed by atoms with E-state index in [2.05, 4.69) is 22.1 Å². The van der Waals surface area contributed by atoms with E-state index in [9.17, 15) is 9.90 Å². The molecular weight excluding hydrogens is 428 g/mol. The highest BCUT2D eigenvalue weighted by Gasteiger charge is 2.59. The molecule has 4 fully saturated rings. The fourth-order valence-electron chi connectivity index (χ4n) is 9.02. The Balaban J connectivity index is 1.16. The molecular formula is C27H38N4O3. The maximum atomic E-state index is 13.5. The quantitative estimate of drug-likeness (QED) is 0.715. The molecule has 4 aliphatic rings. The van der Waals surface area contributed by atoms with Gasteiger partial charge in [-0.05, 0) is 98.9 Å². The van der Waals surface area contributed by atoms with Crippen molar-refractivity contribution in [2.24, 2.45) is 40.9 Å². The van der Waals surface area contributed by atoms with Crippen molar-refractivity contribution in [3.8, 4) is 0 Å². The van der Waals surface area contributed by atoms with Gasteiger partial charge in [0.15, 0.2) is 5.78 Å². The third-order valence-electron chi connectivity index (χ3n) is 10.4. The first kappa shape index (κ1) is 22.6. The summed E-state index contributed by atoms with van der Waals surface area (Å²) in [7, 11) is 1.70. The van der Waals surface area contributed by atoms with E-state index in [-0.39, 0.29) is 17.9 Å². The van der Waals surface area contributed by atoms with Crippen LogP contribution in [-0.4, -0.2) is 50.2 Å². The SMILES string of the molecule is COCC1(O)CCC2C(CCC3C2CCC2(C)C(C(=O)Cn4nc5ccncc5n4)CCC32)C1. The Bertz CT molecular complexity index is 1040. The van der Waals surface area contributed by atoms with Crippen molar-refractivity contribution in [1.82, 2.24) is 20.0 Å². The number of rotatable bonds is 5. The average molecular weight is 467 g/mol. The minimum atomic E-state index is -0.627. The van der Waals surface area contributed by atoms with Crippen LogP contribution in [0.15, 0.2) is 18.5 Å². The molecule has 4 aliphatic carbocycles. The van der Waals surface area contributed by atoms with Crippen LogP contribution in [0.25, 0.3) is 11.0 Å². The fraction of sp³-hybridized carbons (Fsp3) is 0.778. The van der Waals surface area contributed by atoms with Gasteiger partial charge in [0.25, 0.3) is 0 Å². The Morgan fingerprint density at radius 3 is 2.74 bits per heavy atom. The van der Waals surface area contributed by atoms with E-state index in [1.807, 2.05) is 6.07 Å². The highest BCUT2D eigenvalue weighted by molar-refractivity contribution is 5.82. The third kappa shape index (κ3) is 3.62. The zero-order chi connectivity index (χ0) is 23.5. The molecule has 0 amide bonds. The van der Waals surface area contributed by atoms with Crippen LogP contribution in [0.5, 0.6) is 0 Å². The summed E-state index contributed by atoms with van der Waals surface area (Å²) in [5, 5.41) is 20.0. The predicted octanol–water partition coefficient (Wildman–Crippen LogP) is 4.04. The van der Waals surface area contributed by atoms with Crippen molar-refractivity contribution in [2.45, 2.75) is 76.9 Å². The van der Waals surface area contributed by atoms with E-state index >= 15 is 0 Å². The molecule has 0 aromatic carbocycles. The summed E-state index contributed by atoms with van der Waals surface area (Å²) in [6, 6.07) is 1.84. The highest BCUT2D eigenvalue weighted by Crippen LogP contribution is 2.64. The molecule has 2 heterocycles. The first-order chi connectivity index (χ1) is 16.4. The molecule has 6 rings (SSSR count). The zero-order valence-corrected chi connectivity index (χ0v) is 20.5. The van der Waals surface area contributed by atoms with Crippen molar-refractivity contribution in [2.75, 3.05) is 13.7 Å². The van der Waals surface area contributed by atoms with Gasteiger partial charge in [-0.3, -0.25) is 9.78 Å². The van der Waals surface area contributed by atoms with E-state index < -0.39 is 5.60 Å². The molecule has 1 N–H and O–H groups in total. The largest absolute Gasteiger partial charge is 0.387 e. The summed E-state index contributed by atoms with van der Waals surface area (Å²) >= 11 is 0. The lowest BCUT2D eigenvalue weighted by Gasteiger charge is -2.57. The van der Waals surface area contributed by atoms with Crippen LogP contribution in [0.1, 0.15) is 64.7 Å². The van der Waals surface area contributed by atoms with Crippen molar-refractivity contribution in [1.29, 1.82) is 0 Å². The lowest BCUT2D eigenvalue weighted by Crippen LogP contribution is -2.52. The maximum Gasteiger partial charge on any atom is 0.159 e. The van der Waals surface area contributed by atoms with Crippen molar-refractivity contribution in [3.05, 3.63) is 18.5 Å². The van der Waals surface area contributed by atoms with Crippen LogP contribution in [0.4, 0.5) is 0 Å². The van der Waals surface area contributed by atoms with Crippen LogP contribution in [0, 0.1) is 40.9 Å². The molecule has 0 saturated heterocycles. The lowest BCUT2D eigenvalue weighted by molar-refractivity contribution is -0.137. The number of carbonyl (C=O) groups is 1. The van der Waals surface area contributed by atoms with E-state index in [0.29, 0.717) is 24.2 Å². The predicted molar refractivity (Wildman–Crippen MR) is 128 cm³/mol. The summed E-state index contributed by atoms with van der Waals surface area (Å²) in [5.41, 5.74) is 1.01. The first-order valence-electron chi connectivity index (χ1n) is 13.3. The Morgan fingerprint density at radius 1 is 1.09 bits per heavy atom. The van der Waals surface area contributed by atoms with E-state index in [4.69, 9.17) is 4.74 Å². The topological polar surface area (TPSA) is 90.1 Å². The van der Waals surface area contributed by atoms with Gasteiger partial charge in [0.2, 0.25) is 0 Å². The second-order valence-corrected chi connectivity index (χ2v) is 12.1. The number of Topliss-reactive ketones (excluding diaryl/α,β-unsaturated/α-hetero) is 1. The van der Waals surface area contributed by atoms with Crippen molar-refractivity contribution < 1.29 is 14.6 Å². The number of ether oxygens (including phenoxy) is 1. The number of pyridine rings is 1. The molecule has 0 bridgehead atoms. The van der Waals surface area contributed by atoms with Crippen LogP contribution in [0.2, 0.25) is 0 Å².